The van der Waals surface area contributed by atoms with E-state index in [2.05, 4.69) is 6.08 Å². The van der Waals surface area contributed by atoms with Gasteiger partial charge >= 0.3 is 0 Å². The molecule has 0 fully saturated rings. The second-order valence-electron chi connectivity index (χ2n) is 1.32. The Morgan fingerprint density at radius 3 is 2.86 bits per heavy atom. The van der Waals surface area contributed by atoms with E-state index in [4.69, 9.17) is 0 Å². The Bertz CT molecular complexity index is 48.1. The minimum atomic E-state index is -0.210. The van der Waals surface area contributed by atoms with Crippen LogP contribution in [0, 0.1) is 6.08 Å². The maximum atomic E-state index is 11.3. The largest absolute Gasteiger partial charge is 0.251 e. The molecule has 0 aromatic heterocycles. The number of alkyl halides is 1. The fourth-order valence-electron chi connectivity index (χ4n) is 0.324. The minimum absolute atomic E-state index is 0.210. The highest BCUT2D eigenvalue weighted by molar-refractivity contribution is 4.68. The molecule has 0 nitrogen and oxygen atoms in total. The van der Waals surface area contributed by atoms with Crippen LogP contribution in [0.4, 0.5) is 4.39 Å². The van der Waals surface area contributed by atoms with Crippen LogP contribution in [0.1, 0.15) is 19.8 Å². The second kappa shape index (κ2) is 5.67. The summed E-state index contributed by atoms with van der Waals surface area (Å²) < 4.78 is 11.3. The van der Waals surface area contributed by atoms with Gasteiger partial charge in [-0.2, -0.15) is 0 Å². The van der Waals surface area contributed by atoms with Crippen molar-refractivity contribution in [1.29, 1.82) is 0 Å². The predicted octanol–water partition coefficient (Wildman–Crippen LogP) is 2.12. The molecular weight excluding hydrogens is 91.1 g/mol. The first kappa shape index (κ1) is 6.67. The van der Waals surface area contributed by atoms with Crippen molar-refractivity contribution >= 4 is 0 Å². The molecule has 0 heterocycles. The molecular formula is C6H10F. The lowest BCUT2D eigenvalue weighted by Gasteiger charge is -1.81. The molecule has 1 heteroatoms. The summed E-state index contributed by atoms with van der Waals surface area (Å²) in [6, 6.07) is 0. The lowest BCUT2D eigenvalue weighted by Crippen LogP contribution is -1.70. The number of allylic oxidation sites excluding steroid dienone is 2. The van der Waals surface area contributed by atoms with Gasteiger partial charge in [-0.25, -0.2) is 0 Å². The van der Waals surface area contributed by atoms with Crippen LogP contribution < -0.4 is 0 Å². The zero-order valence-corrected chi connectivity index (χ0v) is 4.58. The van der Waals surface area contributed by atoms with Gasteiger partial charge in [0.2, 0.25) is 0 Å². The Morgan fingerprint density at radius 1 is 1.71 bits per heavy atom. The molecule has 0 aromatic carbocycles. The number of hydrogen-bond acceptors (Lipinski definition) is 0. The third-order valence-corrected chi connectivity index (χ3v) is 0.686. The normalized spacial score (nSPS) is 10.6. The Kier molecular flexibility index (Phi) is 5.40. The second-order valence-corrected chi connectivity index (χ2v) is 1.32. The lowest BCUT2D eigenvalue weighted by molar-refractivity contribution is 0.475. The zero-order chi connectivity index (χ0) is 5.54. The average Bonchev–Trinajstić information content (AvgIpc) is 1.69. The van der Waals surface area contributed by atoms with E-state index in [0.29, 0.717) is 6.42 Å². The van der Waals surface area contributed by atoms with Crippen molar-refractivity contribution in [2.75, 3.05) is 6.67 Å². The maximum Gasteiger partial charge on any atom is 0.0897 e. The predicted molar refractivity (Wildman–Crippen MR) is 28.7 cm³/mol. The summed E-state index contributed by atoms with van der Waals surface area (Å²) in [5, 5.41) is 0. The van der Waals surface area contributed by atoms with E-state index in [1.807, 2.05) is 13.0 Å². The molecule has 0 aliphatic carbocycles. The fraction of sp³-hybridized carbons (Fsp3) is 0.667. The van der Waals surface area contributed by atoms with Gasteiger partial charge in [-0.15, -0.1) is 0 Å². The lowest BCUT2D eigenvalue weighted by atomic mass is 10.3. The summed E-state index contributed by atoms with van der Waals surface area (Å²) in [4.78, 5) is 0. The molecule has 0 aliphatic heterocycles. The van der Waals surface area contributed by atoms with Crippen LogP contribution in [0.15, 0.2) is 6.08 Å². The quantitative estimate of drug-likeness (QED) is 0.477. The molecule has 7 heavy (non-hydrogen) atoms. The van der Waals surface area contributed by atoms with Crippen molar-refractivity contribution in [3.05, 3.63) is 12.2 Å². The van der Waals surface area contributed by atoms with Crippen molar-refractivity contribution in [2.24, 2.45) is 0 Å². The van der Waals surface area contributed by atoms with E-state index < -0.39 is 0 Å². The van der Waals surface area contributed by atoms with Gasteiger partial charge < -0.3 is 0 Å². The van der Waals surface area contributed by atoms with Crippen LogP contribution in [0.25, 0.3) is 0 Å². The van der Waals surface area contributed by atoms with E-state index in [9.17, 15) is 4.39 Å². The van der Waals surface area contributed by atoms with Crippen molar-refractivity contribution in [2.45, 2.75) is 19.8 Å². The van der Waals surface area contributed by atoms with E-state index in [1.165, 1.54) is 0 Å². The van der Waals surface area contributed by atoms with Crippen LogP contribution in [-0.4, -0.2) is 6.67 Å². The summed E-state index contributed by atoms with van der Waals surface area (Å²) in [5.41, 5.74) is 0. The van der Waals surface area contributed by atoms with Crippen molar-refractivity contribution < 1.29 is 4.39 Å². The number of unbranched alkanes of at least 4 members (excludes halogenated alkanes) is 1. The van der Waals surface area contributed by atoms with Gasteiger partial charge in [-0.3, -0.25) is 4.39 Å². The summed E-state index contributed by atoms with van der Waals surface area (Å²) in [6.07, 6.45) is 6.12. The summed E-state index contributed by atoms with van der Waals surface area (Å²) >= 11 is 0. The van der Waals surface area contributed by atoms with Gasteiger partial charge in [-0.05, 0) is 19.8 Å². The molecule has 0 saturated carbocycles. The topological polar surface area (TPSA) is 0 Å². The van der Waals surface area contributed by atoms with E-state index in [0.717, 1.165) is 6.42 Å². The van der Waals surface area contributed by atoms with Gasteiger partial charge in [0.25, 0.3) is 0 Å². The molecule has 0 saturated heterocycles. The minimum Gasteiger partial charge on any atom is -0.251 e. The molecule has 0 amide bonds. The Labute approximate surface area is 44.0 Å². The molecule has 1 radical (unpaired) electrons. The van der Waals surface area contributed by atoms with Crippen molar-refractivity contribution in [3.63, 3.8) is 0 Å². The fourth-order valence-corrected chi connectivity index (χ4v) is 0.324. The first-order chi connectivity index (χ1) is 3.41. The third kappa shape index (κ3) is 5.67. The van der Waals surface area contributed by atoms with Crippen LogP contribution >= 0.6 is 0 Å². The average molecular weight is 101 g/mol. The SMILES string of the molecule is C[C]=CCCCF. The molecule has 0 atom stereocenters. The Balaban J connectivity index is 2.69. The van der Waals surface area contributed by atoms with Crippen LogP contribution in [0.2, 0.25) is 0 Å². The van der Waals surface area contributed by atoms with Crippen LogP contribution in [0.5, 0.6) is 0 Å². The smallest absolute Gasteiger partial charge is 0.0897 e. The molecule has 0 unspecified atom stereocenters. The first-order valence-corrected chi connectivity index (χ1v) is 2.46. The molecule has 0 bridgehead atoms. The summed E-state index contributed by atoms with van der Waals surface area (Å²) in [7, 11) is 0. The molecule has 41 valence electrons. The molecule has 0 spiro atoms. The van der Waals surface area contributed by atoms with E-state index in [-0.39, 0.29) is 6.67 Å². The molecule has 0 rings (SSSR count). The van der Waals surface area contributed by atoms with Gasteiger partial charge in [0.05, 0.1) is 6.67 Å². The Morgan fingerprint density at radius 2 is 2.43 bits per heavy atom. The van der Waals surface area contributed by atoms with Crippen LogP contribution in [0.3, 0.4) is 0 Å². The highest BCUT2D eigenvalue weighted by Crippen LogP contribution is 1.88. The monoisotopic (exact) mass is 101 g/mol. The number of hydrogen-bond donors (Lipinski definition) is 0. The van der Waals surface area contributed by atoms with E-state index in [1.54, 1.807) is 0 Å². The molecule has 0 aliphatic rings. The standard InChI is InChI=1S/C6H10F/c1-2-3-4-5-6-7/h3H,4-6H2,1H3. The van der Waals surface area contributed by atoms with Crippen molar-refractivity contribution in [3.8, 4) is 0 Å². The van der Waals surface area contributed by atoms with Crippen molar-refractivity contribution in [1.82, 2.24) is 0 Å². The highest BCUT2D eigenvalue weighted by Gasteiger charge is 1.76. The number of rotatable bonds is 3. The summed E-state index contributed by atoms with van der Waals surface area (Å²) in [6.45, 7) is 1.61. The zero-order valence-electron chi connectivity index (χ0n) is 4.58. The Hall–Kier alpha value is -0.330. The van der Waals surface area contributed by atoms with Gasteiger partial charge in [0, 0.05) is 0 Å². The molecule has 0 aromatic rings. The van der Waals surface area contributed by atoms with Gasteiger partial charge in [0.15, 0.2) is 0 Å². The third-order valence-electron chi connectivity index (χ3n) is 0.686. The highest BCUT2D eigenvalue weighted by atomic mass is 19.1. The first-order valence-electron chi connectivity index (χ1n) is 2.46. The molecule has 0 N–H and O–H groups in total. The van der Waals surface area contributed by atoms with E-state index >= 15 is 0 Å². The van der Waals surface area contributed by atoms with Gasteiger partial charge in [-0.1, -0.05) is 12.2 Å². The van der Waals surface area contributed by atoms with Crippen LogP contribution in [-0.2, 0) is 0 Å². The summed E-state index contributed by atoms with van der Waals surface area (Å²) in [5.74, 6) is 0. The maximum absolute atomic E-state index is 11.3. The van der Waals surface area contributed by atoms with Gasteiger partial charge in [0.1, 0.15) is 0 Å². The number of halogens is 1.